The van der Waals surface area contributed by atoms with E-state index in [0.717, 1.165) is 6.54 Å². The third-order valence-corrected chi connectivity index (χ3v) is 5.07. The molecular weight excluding hydrogens is 333 g/mol. The standard InChI is InChI=1S/C19H26FN5O/c1-15(16-8-4-5-9-17(16)20)25-14-18(22-23-25)19(26)21-10-13-24-11-6-2-3-7-12-24/h4-5,8-9,14-15H,2-3,6-7,10-13H2,1H3,(H,21,26)/p+1/t15-/m0/s1. The molecule has 1 amide bonds. The van der Waals surface area contributed by atoms with E-state index in [1.54, 1.807) is 29.3 Å². The number of nitrogens with one attached hydrogen (secondary N) is 2. The summed E-state index contributed by atoms with van der Waals surface area (Å²) in [4.78, 5) is 13.8. The predicted molar refractivity (Wildman–Crippen MR) is 96.6 cm³/mol. The molecule has 7 heteroatoms. The molecule has 0 unspecified atom stereocenters. The number of carbonyl (C=O) groups excluding carboxylic acids is 1. The van der Waals surface area contributed by atoms with Crippen molar-refractivity contribution in [1.29, 1.82) is 0 Å². The zero-order valence-electron chi connectivity index (χ0n) is 15.2. The molecule has 6 nitrogen and oxygen atoms in total. The van der Waals surface area contributed by atoms with E-state index >= 15 is 0 Å². The number of amides is 1. The summed E-state index contributed by atoms with van der Waals surface area (Å²) in [7, 11) is 0. The van der Waals surface area contributed by atoms with Gasteiger partial charge in [-0.2, -0.15) is 0 Å². The van der Waals surface area contributed by atoms with Gasteiger partial charge in [-0.05, 0) is 38.7 Å². The number of hydrogen-bond acceptors (Lipinski definition) is 3. The minimum atomic E-state index is -0.327. The number of quaternary nitrogens is 1. The first-order chi connectivity index (χ1) is 12.6. The molecule has 2 heterocycles. The third-order valence-electron chi connectivity index (χ3n) is 5.07. The second-order valence-electron chi connectivity index (χ2n) is 6.95. The lowest BCUT2D eigenvalue weighted by Crippen LogP contribution is -3.12. The van der Waals surface area contributed by atoms with E-state index < -0.39 is 0 Å². The van der Waals surface area contributed by atoms with E-state index in [0.29, 0.717) is 12.1 Å². The first-order valence-corrected chi connectivity index (χ1v) is 9.43. The lowest BCUT2D eigenvalue weighted by Gasteiger charge is -2.16. The highest BCUT2D eigenvalue weighted by Crippen LogP contribution is 2.19. The van der Waals surface area contributed by atoms with Crippen LogP contribution in [0.4, 0.5) is 4.39 Å². The van der Waals surface area contributed by atoms with Gasteiger partial charge in [-0.15, -0.1) is 5.10 Å². The molecule has 1 fully saturated rings. The van der Waals surface area contributed by atoms with Crippen LogP contribution < -0.4 is 10.2 Å². The minimum absolute atomic E-state index is 0.230. The Morgan fingerprint density at radius 1 is 1.27 bits per heavy atom. The summed E-state index contributed by atoms with van der Waals surface area (Å²) in [5, 5.41) is 10.9. The van der Waals surface area contributed by atoms with Crippen LogP contribution in [-0.2, 0) is 0 Å². The Hall–Kier alpha value is -2.28. The fraction of sp³-hybridized carbons (Fsp3) is 0.526. The molecule has 0 spiro atoms. The molecule has 2 aromatic rings. The maximum Gasteiger partial charge on any atom is 0.273 e. The minimum Gasteiger partial charge on any atom is -0.345 e. The Morgan fingerprint density at radius 3 is 2.73 bits per heavy atom. The second kappa shape index (κ2) is 8.89. The molecule has 2 N–H and O–H groups in total. The van der Waals surface area contributed by atoms with Crippen molar-refractivity contribution in [3.05, 3.63) is 47.5 Å². The van der Waals surface area contributed by atoms with Gasteiger partial charge in [0.05, 0.1) is 38.4 Å². The van der Waals surface area contributed by atoms with Gasteiger partial charge < -0.3 is 10.2 Å². The molecule has 0 bridgehead atoms. The summed E-state index contributed by atoms with van der Waals surface area (Å²) in [6.45, 7) is 5.77. The van der Waals surface area contributed by atoms with Crippen molar-refractivity contribution >= 4 is 5.91 Å². The maximum atomic E-state index is 13.9. The van der Waals surface area contributed by atoms with Crippen LogP contribution in [0.1, 0.15) is 54.7 Å². The Kier molecular flexibility index (Phi) is 6.33. The predicted octanol–water partition coefficient (Wildman–Crippen LogP) is 1.22. The van der Waals surface area contributed by atoms with Gasteiger partial charge in [0, 0.05) is 5.56 Å². The van der Waals surface area contributed by atoms with Gasteiger partial charge in [0.15, 0.2) is 5.69 Å². The highest BCUT2D eigenvalue weighted by Gasteiger charge is 2.18. The summed E-state index contributed by atoms with van der Waals surface area (Å²) >= 11 is 0. The zero-order valence-corrected chi connectivity index (χ0v) is 15.2. The summed E-state index contributed by atoms with van der Waals surface area (Å²) in [5.74, 6) is -0.520. The molecule has 1 aliphatic rings. The smallest absolute Gasteiger partial charge is 0.273 e. The van der Waals surface area contributed by atoms with Crippen molar-refractivity contribution in [2.45, 2.75) is 38.6 Å². The van der Waals surface area contributed by atoms with E-state index in [1.165, 1.54) is 49.5 Å². The van der Waals surface area contributed by atoms with E-state index in [2.05, 4.69) is 15.6 Å². The van der Waals surface area contributed by atoms with Gasteiger partial charge in [-0.25, -0.2) is 9.07 Å². The van der Waals surface area contributed by atoms with E-state index in [9.17, 15) is 9.18 Å². The van der Waals surface area contributed by atoms with Crippen molar-refractivity contribution in [2.75, 3.05) is 26.2 Å². The summed E-state index contributed by atoms with van der Waals surface area (Å²) < 4.78 is 15.4. The van der Waals surface area contributed by atoms with Gasteiger partial charge in [0.1, 0.15) is 5.82 Å². The lowest BCUT2D eigenvalue weighted by atomic mass is 10.1. The average Bonchev–Trinajstić information content (AvgIpc) is 3.00. The van der Waals surface area contributed by atoms with Gasteiger partial charge in [0.2, 0.25) is 0 Å². The Morgan fingerprint density at radius 2 is 2.00 bits per heavy atom. The van der Waals surface area contributed by atoms with Gasteiger partial charge >= 0.3 is 0 Å². The molecule has 140 valence electrons. The number of carbonyl (C=O) groups is 1. The number of likely N-dealkylation sites (tertiary alicyclic amines) is 1. The fourth-order valence-electron chi connectivity index (χ4n) is 3.45. The van der Waals surface area contributed by atoms with Crippen molar-refractivity contribution in [3.8, 4) is 0 Å². The monoisotopic (exact) mass is 360 g/mol. The Bertz CT molecular complexity index is 724. The SMILES string of the molecule is C[C@@H](c1ccccc1F)n1cc(C(=O)NCC[NH+]2CCCCCC2)nn1. The van der Waals surface area contributed by atoms with Gasteiger partial charge in [0.25, 0.3) is 5.91 Å². The number of benzene rings is 1. The largest absolute Gasteiger partial charge is 0.345 e. The van der Waals surface area contributed by atoms with Crippen LogP contribution in [-0.4, -0.2) is 47.1 Å². The molecule has 1 aromatic heterocycles. The molecule has 26 heavy (non-hydrogen) atoms. The highest BCUT2D eigenvalue weighted by atomic mass is 19.1. The number of halogens is 1. The van der Waals surface area contributed by atoms with E-state index in [4.69, 9.17) is 0 Å². The molecule has 0 saturated carbocycles. The third kappa shape index (κ3) is 4.66. The molecule has 1 aliphatic heterocycles. The van der Waals surface area contributed by atoms with E-state index in [1.807, 2.05) is 6.92 Å². The molecule has 1 atom stereocenters. The van der Waals surface area contributed by atoms with Crippen LogP contribution in [0.5, 0.6) is 0 Å². The average molecular weight is 360 g/mol. The second-order valence-corrected chi connectivity index (χ2v) is 6.95. The van der Waals surface area contributed by atoms with E-state index in [-0.39, 0.29) is 23.5 Å². The molecule has 3 rings (SSSR count). The summed E-state index contributed by atoms with van der Waals surface area (Å²) in [6, 6.07) is 6.24. The Labute approximate surface area is 153 Å². The van der Waals surface area contributed by atoms with Crippen molar-refractivity contribution in [3.63, 3.8) is 0 Å². The van der Waals surface area contributed by atoms with Crippen LogP contribution >= 0.6 is 0 Å². The fourth-order valence-corrected chi connectivity index (χ4v) is 3.45. The molecule has 1 saturated heterocycles. The lowest BCUT2D eigenvalue weighted by molar-refractivity contribution is -0.898. The van der Waals surface area contributed by atoms with Crippen LogP contribution in [0.25, 0.3) is 0 Å². The van der Waals surface area contributed by atoms with Crippen LogP contribution in [0.15, 0.2) is 30.5 Å². The first-order valence-electron chi connectivity index (χ1n) is 9.43. The van der Waals surface area contributed by atoms with Gasteiger partial charge in [-0.1, -0.05) is 23.4 Å². The summed E-state index contributed by atoms with van der Waals surface area (Å²) in [5.41, 5.74) is 0.785. The molecule has 0 aliphatic carbocycles. The first kappa shape index (κ1) is 18.5. The van der Waals surface area contributed by atoms with Gasteiger partial charge in [-0.3, -0.25) is 4.79 Å². The molecular formula is C19H27FN5O+. The van der Waals surface area contributed by atoms with Crippen molar-refractivity contribution in [2.24, 2.45) is 0 Å². The van der Waals surface area contributed by atoms with Crippen molar-refractivity contribution < 1.29 is 14.1 Å². The van der Waals surface area contributed by atoms with Crippen LogP contribution in [0.3, 0.4) is 0 Å². The topological polar surface area (TPSA) is 64.2 Å². The zero-order chi connectivity index (χ0) is 18.4. The molecule has 0 radical (unpaired) electrons. The molecule has 1 aromatic carbocycles. The quantitative estimate of drug-likeness (QED) is 0.814. The van der Waals surface area contributed by atoms with Crippen LogP contribution in [0, 0.1) is 5.82 Å². The Balaban J connectivity index is 1.53. The summed E-state index contributed by atoms with van der Waals surface area (Å²) in [6.07, 6.45) is 6.75. The number of hydrogen-bond donors (Lipinski definition) is 2. The number of aromatic nitrogens is 3. The highest BCUT2D eigenvalue weighted by molar-refractivity contribution is 5.91. The van der Waals surface area contributed by atoms with Crippen molar-refractivity contribution in [1.82, 2.24) is 20.3 Å². The number of nitrogens with zero attached hydrogens (tertiary/aromatic N) is 3. The normalized spacial score (nSPS) is 16.8. The maximum absolute atomic E-state index is 13.9. The number of rotatable bonds is 6. The van der Waals surface area contributed by atoms with Crippen LogP contribution in [0.2, 0.25) is 0 Å².